The normalized spacial score (nSPS) is 10.2. The van der Waals surface area contributed by atoms with Crippen molar-refractivity contribution in [3.05, 3.63) is 64.4 Å². The minimum absolute atomic E-state index is 0.0422. The van der Waals surface area contributed by atoms with Crippen molar-refractivity contribution in [2.24, 2.45) is 5.73 Å². The van der Waals surface area contributed by atoms with Gasteiger partial charge in [0.2, 0.25) is 0 Å². The molecule has 0 atom stereocenters. The molecular weight excluding hydrogens is 267 g/mol. The molecule has 3 nitrogen and oxygen atoms in total. The molecule has 2 aromatic carbocycles. The van der Waals surface area contributed by atoms with E-state index in [2.05, 4.69) is 0 Å². The van der Waals surface area contributed by atoms with E-state index < -0.39 is 5.82 Å². The van der Waals surface area contributed by atoms with Crippen LogP contribution in [-0.4, -0.2) is 5.84 Å². The topological polar surface area (TPSA) is 59.1 Å². The third-order valence-electron chi connectivity index (χ3n) is 2.57. The highest BCUT2D eigenvalue weighted by molar-refractivity contribution is 6.30. The van der Waals surface area contributed by atoms with Gasteiger partial charge in [-0.1, -0.05) is 35.9 Å². The van der Waals surface area contributed by atoms with Crippen LogP contribution in [0.15, 0.2) is 42.5 Å². The van der Waals surface area contributed by atoms with Crippen LogP contribution < -0.4 is 10.5 Å². The molecular formula is C14H12ClFN2O. The summed E-state index contributed by atoms with van der Waals surface area (Å²) in [6.07, 6.45) is 0. The average Bonchev–Trinajstić information content (AvgIpc) is 2.41. The van der Waals surface area contributed by atoms with Gasteiger partial charge in [-0.2, -0.15) is 0 Å². The first-order chi connectivity index (χ1) is 9.08. The van der Waals surface area contributed by atoms with Crippen LogP contribution in [-0.2, 0) is 6.61 Å². The summed E-state index contributed by atoms with van der Waals surface area (Å²) in [4.78, 5) is 0. The minimum atomic E-state index is -0.480. The van der Waals surface area contributed by atoms with Gasteiger partial charge < -0.3 is 10.5 Å². The van der Waals surface area contributed by atoms with E-state index in [0.29, 0.717) is 16.9 Å². The third-order valence-corrected chi connectivity index (χ3v) is 2.86. The van der Waals surface area contributed by atoms with Crippen molar-refractivity contribution in [3.63, 3.8) is 0 Å². The van der Waals surface area contributed by atoms with Gasteiger partial charge >= 0.3 is 0 Å². The number of benzene rings is 2. The molecule has 19 heavy (non-hydrogen) atoms. The quantitative estimate of drug-likeness (QED) is 0.666. The van der Waals surface area contributed by atoms with Crippen LogP contribution >= 0.6 is 11.6 Å². The number of nitrogens with one attached hydrogen (secondary N) is 1. The van der Waals surface area contributed by atoms with Gasteiger partial charge in [0.05, 0.1) is 5.02 Å². The molecule has 5 heteroatoms. The Balaban J connectivity index is 2.12. The molecule has 0 bridgehead atoms. The smallest absolute Gasteiger partial charge is 0.148 e. The monoisotopic (exact) mass is 278 g/mol. The summed E-state index contributed by atoms with van der Waals surface area (Å²) < 4.78 is 19.1. The first-order valence-corrected chi connectivity index (χ1v) is 5.96. The predicted octanol–water partition coefficient (Wildman–Crippen LogP) is 3.34. The number of amidine groups is 1. The highest BCUT2D eigenvalue weighted by Crippen LogP contribution is 2.20. The van der Waals surface area contributed by atoms with Gasteiger partial charge in [-0.05, 0) is 18.2 Å². The Labute approximate surface area is 115 Å². The standard InChI is InChI=1S/C14H12ClFN2O/c15-12-6-2-4-10(13(12)16)8-19-11-5-1-3-9(7-11)14(17)18/h1-7H,8H2,(H3,17,18). The predicted molar refractivity (Wildman–Crippen MR) is 73.2 cm³/mol. The van der Waals surface area contributed by atoms with Crippen molar-refractivity contribution < 1.29 is 9.13 Å². The molecule has 0 aromatic heterocycles. The van der Waals surface area contributed by atoms with Crippen LogP contribution in [0.4, 0.5) is 4.39 Å². The lowest BCUT2D eigenvalue weighted by molar-refractivity contribution is 0.300. The van der Waals surface area contributed by atoms with Crippen molar-refractivity contribution in [1.82, 2.24) is 0 Å². The summed E-state index contributed by atoms with van der Waals surface area (Å²) in [5, 5.41) is 7.40. The van der Waals surface area contributed by atoms with Gasteiger partial charge in [0.25, 0.3) is 0 Å². The Morgan fingerprint density at radius 1 is 1.26 bits per heavy atom. The van der Waals surface area contributed by atoms with Crippen LogP contribution in [0.5, 0.6) is 5.75 Å². The summed E-state index contributed by atoms with van der Waals surface area (Å²) in [5.41, 5.74) is 6.32. The van der Waals surface area contributed by atoms with E-state index in [1.165, 1.54) is 6.07 Å². The third kappa shape index (κ3) is 3.23. The Morgan fingerprint density at radius 2 is 2.00 bits per heavy atom. The summed E-state index contributed by atoms with van der Waals surface area (Å²) in [7, 11) is 0. The molecule has 0 spiro atoms. The molecule has 0 unspecified atom stereocenters. The zero-order valence-corrected chi connectivity index (χ0v) is 10.7. The number of nitrogens with two attached hydrogens (primary N) is 1. The van der Waals surface area contributed by atoms with Gasteiger partial charge in [0.1, 0.15) is 24.0 Å². The van der Waals surface area contributed by atoms with Gasteiger partial charge in [-0.15, -0.1) is 0 Å². The van der Waals surface area contributed by atoms with E-state index in [-0.39, 0.29) is 17.5 Å². The average molecular weight is 279 g/mol. The van der Waals surface area contributed by atoms with Crippen LogP contribution in [0.3, 0.4) is 0 Å². The first kappa shape index (κ1) is 13.4. The molecule has 2 rings (SSSR count). The fraction of sp³-hybridized carbons (Fsp3) is 0.0714. The molecule has 0 amide bonds. The Hall–Kier alpha value is -2.07. The fourth-order valence-corrected chi connectivity index (χ4v) is 1.77. The summed E-state index contributed by atoms with van der Waals surface area (Å²) in [6, 6.07) is 11.5. The number of hydrogen-bond acceptors (Lipinski definition) is 2. The number of rotatable bonds is 4. The van der Waals surface area contributed by atoms with E-state index in [0.717, 1.165) is 0 Å². The summed E-state index contributed by atoms with van der Waals surface area (Å²) in [5.74, 6) is -0.00153. The zero-order valence-electron chi connectivity index (χ0n) is 9.99. The van der Waals surface area contributed by atoms with E-state index >= 15 is 0 Å². The van der Waals surface area contributed by atoms with E-state index in [4.69, 9.17) is 27.5 Å². The molecule has 0 heterocycles. The van der Waals surface area contributed by atoms with E-state index in [1.807, 2.05) is 0 Å². The second kappa shape index (κ2) is 5.71. The Morgan fingerprint density at radius 3 is 2.74 bits per heavy atom. The maximum Gasteiger partial charge on any atom is 0.148 e. The number of ether oxygens (including phenoxy) is 1. The van der Waals surface area contributed by atoms with Crippen molar-refractivity contribution in [1.29, 1.82) is 5.41 Å². The SMILES string of the molecule is N=C(N)c1cccc(OCc2cccc(Cl)c2F)c1. The maximum atomic E-state index is 13.6. The molecule has 0 aliphatic carbocycles. The van der Waals surface area contributed by atoms with Gasteiger partial charge in [0.15, 0.2) is 0 Å². The number of halogens is 2. The highest BCUT2D eigenvalue weighted by Gasteiger charge is 2.07. The molecule has 3 N–H and O–H groups in total. The van der Waals surface area contributed by atoms with Crippen LogP contribution in [0.25, 0.3) is 0 Å². The van der Waals surface area contributed by atoms with Crippen molar-refractivity contribution in [2.45, 2.75) is 6.61 Å². The molecule has 98 valence electrons. The van der Waals surface area contributed by atoms with Gasteiger partial charge in [-0.3, -0.25) is 5.41 Å². The van der Waals surface area contributed by atoms with Gasteiger partial charge in [-0.25, -0.2) is 4.39 Å². The largest absolute Gasteiger partial charge is 0.489 e. The fourth-order valence-electron chi connectivity index (χ4n) is 1.57. The first-order valence-electron chi connectivity index (χ1n) is 5.58. The van der Waals surface area contributed by atoms with E-state index in [1.54, 1.807) is 36.4 Å². The van der Waals surface area contributed by atoms with E-state index in [9.17, 15) is 4.39 Å². The molecule has 0 fully saturated rings. The van der Waals surface area contributed by atoms with Crippen molar-refractivity contribution >= 4 is 17.4 Å². The lowest BCUT2D eigenvalue weighted by atomic mass is 10.2. The molecule has 0 saturated carbocycles. The summed E-state index contributed by atoms with van der Waals surface area (Å²) >= 11 is 5.69. The minimum Gasteiger partial charge on any atom is -0.489 e. The molecule has 0 saturated heterocycles. The highest BCUT2D eigenvalue weighted by atomic mass is 35.5. The molecule has 0 aliphatic heterocycles. The second-order valence-corrected chi connectivity index (χ2v) is 4.35. The molecule has 0 radical (unpaired) electrons. The maximum absolute atomic E-state index is 13.6. The Kier molecular flexibility index (Phi) is 4.02. The zero-order chi connectivity index (χ0) is 13.8. The Bertz CT molecular complexity index is 616. The van der Waals surface area contributed by atoms with Crippen molar-refractivity contribution in [3.8, 4) is 5.75 Å². The van der Waals surface area contributed by atoms with Gasteiger partial charge in [0, 0.05) is 11.1 Å². The second-order valence-electron chi connectivity index (χ2n) is 3.94. The number of hydrogen-bond donors (Lipinski definition) is 2. The number of nitrogen functional groups attached to an aromatic ring is 1. The van der Waals surface area contributed by atoms with Crippen molar-refractivity contribution in [2.75, 3.05) is 0 Å². The van der Waals surface area contributed by atoms with Crippen LogP contribution in [0.1, 0.15) is 11.1 Å². The lowest BCUT2D eigenvalue weighted by Gasteiger charge is -2.09. The molecule has 2 aromatic rings. The lowest BCUT2D eigenvalue weighted by Crippen LogP contribution is -2.10. The summed E-state index contributed by atoms with van der Waals surface area (Å²) in [6.45, 7) is 0.0632. The molecule has 0 aliphatic rings. The van der Waals surface area contributed by atoms with Crippen LogP contribution in [0, 0.1) is 11.2 Å². The van der Waals surface area contributed by atoms with Crippen LogP contribution in [0.2, 0.25) is 5.02 Å².